The van der Waals surface area contributed by atoms with Gasteiger partial charge in [-0.3, -0.25) is 4.79 Å². The van der Waals surface area contributed by atoms with E-state index in [0.29, 0.717) is 11.8 Å². The highest BCUT2D eigenvalue weighted by Crippen LogP contribution is 2.19. The maximum Gasteiger partial charge on any atom is 0.226 e. The molecule has 0 bridgehead atoms. The molecule has 1 fully saturated rings. The minimum absolute atomic E-state index is 0.197. The monoisotopic (exact) mass is 194 g/mol. The molecule has 0 aromatic rings. The summed E-state index contributed by atoms with van der Waals surface area (Å²) < 4.78 is 0. The SMILES string of the molecule is CC(C(=O)N1CC=CCC1)C1CNC1. The van der Waals surface area contributed by atoms with Crippen molar-refractivity contribution in [2.75, 3.05) is 26.2 Å². The van der Waals surface area contributed by atoms with Crippen molar-refractivity contribution in [2.45, 2.75) is 13.3 Å². The largest absolute Gasteiger partial charge is 0.338 e. The zero-order chi connectivity index (χ0) is 9.97. The molecule has 1 N–H and O–H groups in total. The van der Waals surface area contributed by atoms with E-state index < -0.39 is 0 Å². The molecular formula is C11H18N2O. The van der Waals surface area contributed by atoms with Gasteiger partial charge in [0.05, 0.1) is 0 Å². The second kappa shape index (κ2) is 4.13. The van der Waals surface area contributed by atoms with Crippen molar-refractivity contribution >= 4 is 5.91 Å². The minimum Gasteiger partial charge on any atom is -0.338 e. The van der Waals surface area contributed by atoms with Gasteiger partial charge in [-0.1, -0.05) is 19.1 Å². The van der Waals surface area contributed by atoms with Gasteiger partial charge in [0.15, 0.2) is 0 Å². The van der Waals surface area contributed by atoms with Crippen LogP contribution in [-0.2, 0) is 4.79 Å². The fraction of sp³-hybridized carbons (Fsp3) is 0.727. The lowest BCUT2D eigenvalue weighted by Gasteiger charge is -2.35. The van der Waals surface area contributed by atoms with Gasteiger partial charge in [0.2, 0.25) is 5.91 Å². The molecule has 1 unspecified atom stereocenters. The van der Waals surface area contributed by atoms with Crippen molar-refractivity contribution < 1.29 is 4.79 Å². The van der Waals surface area contributed by atoms with Crippen LogP contribution in [0.5, 0.6) is 0 Å². The molecule has 1 atom stereocenters. The number of hydrogen-bond acceptors (Lipinski definition) is 2. The molecule has 2 rings (SSSR count). The quantitative estimate of drug-likeness (QED) is 0.654. The zero-order valence-electron chi connectivity index (χ0n) is 8.70. The third-order valence-electron chi connectivity index (χ3n) is 3.28. The molecule has 0 aromatic heterocycles. The van der Waals surface area contributed by atoms with Crippen LogP contribution in [0.25, 0.3) is 0 Å². The first kappa shape index (κ1) is 9.71. The second-order valence-corrected chi connectivity index (χ2v) is 4.25. The third kappa shape index (κ3) is 1.82. The number of nitrogens with one attached hydrogen (secondary N) is 1. The Balaban J connectivity index is 1.89. The van der Waals surface area contributed by atoms with Gasteiger partial charge < -0.3 is 10.2 Å². The van der Waals surface area contributed by atoms with Crippen molar-refractivity contribution in [1.29, 1.82) is 0 Å². The molecule has 2 aliphatic heterocycles. The summed E-state index contributed by atoms with van der Waals surface area (Å²) in [4.78, 5) is 14.0. The topological polar surface area (TPSA) is 32.3 Å². The number of carbonyl (C=O) groups excluding carboxylic acids is 1. The summed E-state index contributed by atoms with van der Waals surface area (Å²) >= 11 is 0. The van der Waals surface area contributed by atoms with E-state index in [9.17, 15) is 4.79 Å². The second-order valence-electron chi connectivity index (χ2n) is 4.25. The number of hydrogen-bond donors (Lipinski definition) is 1. The predicted octanol–water partition coefficient (Wildman–Crippen LogP) is 0.630. The number of carbonyl (C=O) groups is 1. The average molecular weight is 194 g/mol. The van der Waals surface area contributed by atoms with Gasteiger partial charge in [-0.2, -0.15) is 0 Å². The molecule has 78 valence electrons. The third-order valence-corrected chi connectivity index (χ3v) is 3.28. The van der Waals surface area contributed by atoms with Crippen LogP contribution >= 0.6 is 0 Å². The van der Waals surface area contributed by atoms with Crippen molar-refractivity contribution in [3.8, 4) is 0 Å². The van der Waals surface area contributed by atoms with Crippen LogP contribution in [-0.4, -0.2) is 37.0 Å². The van der Waals surface area contributed by atoms with Crippen LogP contribution in [0.4, 0.5) is 0 Å². The van der Waals surface area contributed by atoms with Crippen LogP contribution < -0.4 is 5.32 Å². The molecule has 0 saturated carbocycles. The number of amides is 1. The molecule has 0 spiro atoms. The van der Waals surface area contributed by atoms with Gasteiger partial charge in [-0.15, -0.1) is 0 Å². The van der Waals surface area contributed by atoms with Gasteiger partial charge in [-0.05, 0) is 25.4 Å². The number of rotatable bonds is 2. The van der Waals surface area contributed by atoms with Gasteiger partial charge in [0, 0.05) is 19.0 Å². The summed E-state index contributed by atoms with van der Waals surface area (Å²) in [7, 11) is 0. The summed E-state index contributed by atoms with van der Waals surface area (Å²) in [6.45, 7) is 5.79. The van der Waals surface area contributed by atoms with Crippen molar-refractivity contribution in [1.82, 2.24) is 10.2 Å². The Morgan fingerprint density at radius 2 is 2.29 bits per heavy atom. The molecular weight excluding hydrogens is 176 g/mol. The van der Waals surface area contributed by atoms with E-state index in [4.69, 9.17) is 0 Å². The molecule has 0 aromatic carbocycles. The maximum atomic E-state index is 12.0. The number of nitrogens with zero attached hydrogens (tertiary/aromatic N) is 1. The maximum absolute atomic E-state index is 12.0. The Bertz CT molecular complexity index is 246. The first-order valence-electron chi connectivity index (χ1n) is 5.43. The summed E-state index contributed by atoms with van der Waals surface area (Å²) in [6, 6.07) is 0. The van der Waals surface area contributed by atoms with Crippen LogP contribution in [0.1, 0.15) is 13.3 Å². The van der Waals surface area contributed by atoms with E-state index in [1.54, 1.807) is 0 Å². The Kier molecular flexibility index (Phi) is 2.87. The molecule has 14 heavy (non-hydrogen) atoms. The van der Waals surface area contributed by atoms with Crippen LogP contribution in [0.15, 0.2) is 12.2 Å². The van der Waals surface area contributed by atoms with E-state index in [1.165, 1.54) is 0 Å². The van der Waals surface area contributed by atoms with Crippen LogP contribution in [0.2, 0.25) is 0 Å². The average Bonchev–Trinajstić information content (AvgIpc) is 2.15. The molecule has 2 aliphatic rings. The lowest BCUT2D eigenvalue weighted by atomic mass is 9.88. The zero-order valence-corrected chi connectivity index (χ0v) is 8.70. The fourth-order valence-corrected chi connectivity index (χ4v) is 2.00. The van der Waals surface area contributed by atoms with E-state index in [1.807, 2.05) is 4.90 Å². The van der Waals surface area contributed by atoms with Gasteiger partial charge in [0.25, 0.3) is 0 Å². The van der Waals surface area contributed by atoms with Gasteiger partial charge in [-0.25, -0.2) is 0 Å². The molecule has 3 heteroatoms. The van der Waals surface area contributed by atoms with E-state index in [0.717, 1.165) is 32.6 Å². The Hall–Kier alpha value is -0.830. The van der Waals surface area contributed by atoms with Gasteiger partial charge in [0.1, 0.15) is 0 Å². The first-order chi connectivity index (χ1) is 6.79. The highest BCUT2D eigenvalue weighted by atomic mass is 16.2. The van der Waals surface area contributed by atoms with E-state index in [-0.39, 0.29) is 5.92 Å². The van der Waals surface area contributed by atoms with Crippen LogP contribution in [0.3, 0.4) is 0 Å². The molecule has 2 heterocycles. The summed E-state index contributed by atoms with van der Waals surface area (Å²) in [6.07, 6.45) is 5.26. The fourth-order valence-electron chi connectivity index (χ4n) is 2.00. The molecule has 0 aliphatic carbocycles. The predicted molar refractivity (Wildman–Crippen MR) is 55.9 cm³/mol. The van der Waals surface area contributed by atoms with E-state index in [2.05, 4.69) is 24.4 Å². The highest BCUT2D eigenvalue weighted by molar-refractivity contribution is 5.79. The molecule has 1 saturated heterocycles. The molecule has 3 nitrogen and oxygen atoms in total. The minimum atomic E-state index is 0.197. The van der Waals surface area contributed by atoms with Gasteiger partial charge >= 0.3 is 0 Å². The molecule has 0 radical (unpaired) electrons. The smallest absolute Gasteiger partial charge is 0.226 e. The lowest BCUT2D eigenvalue weighted by molar-refractivity contribution is -0.137. The lowest BCUT2D eigenvalue weighted by Crippen LogP contribution is -2.50. The van der Waals surface area contributed by atoms with E-state index >= 15 is 0 Å². The standard InChI is InChI=1S/C11H18N2O/c1-9(10-7-12-8-10)11(14)13-5-3-2-4-6-13/h2-3,9-10,12H,4-8H2,1H3. The van der Waals surface area contributed by atoms with Crippen molar-refractivity contribution in [2.24, 2.45) is 11.8 Å². The van der Waals surface area contributed by atoms with Crippen LogP contribution in [0, 0.1) is 11.8 Å². The normalized spacial score (nSPS) is 24.5. The highest BCUT2D eigenvalue weighted by Gasteiger charge is 2.31. The first-order valence-corrected chi connectivity index (χ1v) is 5.43. The van der Waals surface area contributed by atoms with Crippen molar-refractivity contribution in [3.05, 3.63) is 12.2 Å². The van der Waals surface area contributed by atoms with Crippen molar-refractivity contribution in [3.63, 3.8) is 0 Å². The summed E-state index contributed by atoms with van der Waals surface area (Å²) in [5.41, 5.74) is 0. The summed E-state index contributed by atoms with van der Waals surface area (Å²) in [5, 5.41) is 3.22. The Labute approximate surface area is 85.2 Å². The Morgan fingerprint density at radius 3 is 2.79 bits per heavy atom. The molecule has 1 amide bonds. The Morgan fingerprint density at radius 1 is 1.50 bits per heavy atom. The summed E-state index contributed by atoms with van der Waals surface area (Å²) in [5.74, 6) is 1.09.